The highest BCUT2D eigenvalue weighted by Crippen LogP contribution is 2.20. The molecule has 0 radical (unpaired) electrons. The topological polar surface area (TPSA) is 69.6 Å². The summed E-state index contributed by atoms with van der Waals surface area (Å²) < 4.78 is 38.8. The van der Waals surface area contributed by atoms with Gasteiger partial charge in [0.15, 0.2) is 0 Å². The van der Waals surface area contributed by atoms with E-state index < -0.39 is 36.7 Å². The summed E-state index contributed by atoms with van der Waals surface area (Å²) in [6.07, 6.45) is -8.22. The summed E-state index contributed by atoms with van der Waals surface area (Å²) >= 11 is 0. The molecule has 0 saturated carbocycles. The minimum Gasteiger partial charge on any atom is -0.465 e. The molecule has 0 aliphatic rings. The van der Waals surface area contributed by atoms with Crippen LogP contribution in [-0.4, -0.2) is 47.3 Å². The number of amides is 2. The lowest BCUT2D eigenvalue weighted by Crippen LogP contribution is -2.54. The van der Waals surface area contributed by atoms with Crippen molar-refractivity contribution in [3.8, 4) is 0 Å². The quantitative estimate of drug-likeness (QED) is 0.745. The number of carbonyl (C=O) groups is 2. The summed E-state index contributed by atoms with van der Waals surface area (Å²) in [5.41, 5.74) is 1.30. The highest BCUT2D eigenvalue weighted by molar-refractivity contribution is 5.94. The van der Waals surface area contributed by atoms with Gasteiger partial charge in [0.2, 0.25) is 6.30 Å². The van der Waals surface area contributed by atoms with Crippen molar-refractivity contribution in [2.45, 2.75) is 39.5 Å². The van der Waals surface area contributed by atoms with Crippen LogP contribution in [0.15, 0.2) is 24.3 Å². The molecule has 0 aromatic heterocycles. The minimum atomic E-state index is -3.46. The molecule has 0 heterocycles. The van der Waals surface area contributed by atoms with Crippen molar-refractivity contribution >= 4 is 12.0 Å². The Bertz CT molecular complexity index is 564. The van der Waals surface area contributed by atoms with Crippen LogP contribution in [0.2, 0.25) is 0 Å². The summed E-state index contributed by atoms with van der Waals surface area (Å²) in [7, 11) is 0. The van der Waals surface area contributed by atoms with E-state index in [-0.39, 0.29) is 11.4 Å². The predicted molar refractivity (Wildman–Crippen MR) is 82.9 cm³/mol. The molecule has 1 unspecified atom stereocenters. The maximum Gasteiger partial charge on any atom is 0.410 e. The summed E-state index contributed by atoms with van der Waals surface area (Å²) in [6, 6.07) is 5.50. The highest BCUT2D eigenvalue weighted by Gasteiger charge is 2.38. The molecule has 1 aromatic carbocycles. The Morgan fingerprint density at radius 1 is 1.17 bits per heavy atom. The lowest BCUT2D eigenvalue weighted by molar-refractivity contribution is -0.0611. The van der Waals surface area contributed by atoms with Gasteiger partial charge in [0.25, 0.3) is 12.3 Å². The number of aryl methyl sites for hydroxylation is 1. The van der Waals surface area contributed by atoms with Crippen molar-refractivity contribution in [2.75, 3.05) is 6.54 Å². The Morgan fingerprint density at radius 2 is 1.71 bits per heavy atom. The van der Waals surface area contributed by atoms with Crippen molar-refractivity contribution in [1.29, 1.82) is 0 Å². The number of carboxylic acid groups (broad SMARTS) is 1. The van der Waals surface area contributed by atoms with E-state index >= 15 is 0 Å². The summed E-state index contributed by atoms with van der Waals surface area (Å²) in [4.78, 5) is 23.3. The second kappa shape index (κ2) is 8.56. The number of benzene rings is 1. The van der Waals surface area contributed by atoms with E-state index in [1.54, 1.807) is 38.1 Å². The van der Waals surface area contributed by atoms with Crippen molar-refractivity contribution in [3.63, 3.8) is 0 Å². The van der Waals surface area contributed by atoms with Crippen LogP contribution in [0.3, 0.4) is 0 Å². The minimum absolute atomic E-state index is 0.0603. The van der Waals surface area contributed by atoms with Gasteiger partial charge in [-0.2, -0.15) is 0 Å². The van der Waals surface area contributed by atoms with E-state index in [4.69, 9.17) is 5.11 Å². The summed E-state index contributed by atoms with van der Waals surface area (Å²) in [6.45, 7) is 4.71. The van der Waals surface area contributed by atoms with E-state index in [2.05, 4.69) is 5.32 Å². The molecule has 24 heavy (non-hydrogen) atoms. The standard InChI is InChI=1S/C16H21F3N2O3/c1-9(2)12(21(16(23)24)14(19)13(17)18)8-20-15(22)11-6-4-10(3)5-7-11/h4-7,9,12-14H,8H2,1-3H3,(H,20,22)(H,23,24)/t12-,14?/m1/s1. The average molecular weight is 346 g/mol. The third kappa shape index (κ3) is 5.14. The van der Waals surface area contributed by atoms with E-state index in [0.717, 1.165) is 5.56 Å². The van der Waals surface area contributed by atoms with Crippen LogP contribution in [0.1, 0.15) is 29.8 Å². The van der Waals surface area contributed by atoms with E-state index in [1.165, 1.54) is 0 Å². The Morgan fingerprint density at radius 3 is 2.12 bits per heavy atom. The fraction of sp³-hybridized carbons (Fsp3) is 0.500. The number of rotatable bonds is 7. The van der Waals surface area contributed by atoms with Gasteiger partial charge in [-0.15, -0.1) is 0 Å². The molecule has 1 aromatic rings. The number of hydrogen-bond acceptors (Lipinski definition) is 2. The molecule has 0 fully saturated rings. The first-order chi connectivity index (χ1) is 11.1. The fourth-order valence-corrected chi connectivity index (χ4v) is 2.21. The molecule has 134 valence electrons. The van der Waals surface area contributed by atoms with E-state index in [1.807, 2.05) is 6.92 Å². The zero-order chi connectivity index (χ0) is 18.4. The molecule has 2 atom stereocenters. The van der Waals surface area contributed by atoms with Crippen LogP contribution in [-0.2, 0) is 0 Å². The van der Waals surface area contributed by atoms with Gasteiger partial charge < -0.3 is 10.4 Å². The molecule has 0 spiro atoms. The molecular formula is C16H21F3N2O3. The van der Waals surface area contributed by atoms with Gasteiger partial charge in [-0.1, -0.05) is 31.5 Å². The molecule has 1 rings (SSSR count). The van der Waals surface area contributed by atoms with Gasteiger partial charge in [-0.25, -0.2) is 18.0 Å². The number of nitrogens with zero attached hydrogens (tertiary/aromatic N) is 1. The average Bonchev–Trinajstić information content (AvgIpc) is 2.50. The first-order valence-electron chi connectivity index (χ1n) is 7.43. The predicted octanol–water partition coefficient (Wildman–Crippen LogP) is 3.29. The van der Waals surface area contributed by atoms with Crippen LogP contribution in [0, 0.1) is 12.8 Å². The Kier molecular flexibility index (Phi) is 7.06. The zero-order valence-electron chi connectivity index (χ0n) is 13.7. The Hall–Kier alpha value is -2.25. The van der Waals surface area contributed by atoms with E-state index in [0.29, 0.717) is 5.56 Å². The van der Waals surface area contributed by atoms with Crippen molar-refractivity contribution in [3.05, 3.63) is 35.4 Å². The van der Waals surface area contributed by atoms with Gasteiger partial charge in [-0.3, -0.25) is 9.69 Å². The van der Waals surface area contributed by atoms with Gasteiger partial charge in [0.1, 0.15) is 0 Å². The molecule has 8 heteroatoms. The van der Waals surface area contributed by atoms with Crippen molar-refractivity contribution in [2.24, 2.45) is 5.92 Å². The maximum atomic E-state index is 13.6. The van der Waals surface area contributed by atoms with Gasteiger partial charge in [-0.05, 0) is 25.0 Å². The zero-order valence-corrected chi connectivity index (χ0v) is 13.7. The first-order valence-corrected chi connectivity index (χ1v) is 7.43. The summed E-state index contributed by atoms with van der Waals surface area (Å²) in [5, 5.41) is 11.5. The number of hydrogen-bond donors (Lipinski definition) is 2. The van der Waals surface area contributed by atoms with E-state index in [9.17, 15) is 22.8 Å². The monoisotopic (exact) mass is 346 g/mol. The molecular weight excluding hydrogens is 325 g/mol. The van der Waals surface area contributed by atoms with Gasteiger partial charge >= 0.3 is 6.09 Å². The van der Waals surface area contributed by atoms with Crippen LogP contribution in [0.5, 0.6) is 0 Å². The lowest BCUT2D eigenvalue weighted by Gasteiger charge is -2.34. The molecule has 5 nitrogen and oxygen atoms in total. The normalized spacial score (nSPS) is 13.7. The Balaban J connectivity index is 2.86. The molecule has 2 N–H and O–H groups in total. The van der Waals surface area contributed by atoms with Crippen LogP contribution in [0.4, 0.5) is 18.0 Å². The highest BCUT2D eigenvalue weighted by atomic mass is 19.3. The van der Waals surface area contributed by atoms with Gasteiger partial charge in [0.05, 0.1) is 6.04 Å². The second-order valence-corrected chi connectivity index (χ2v) is 5.78. The smallest absolute Gasteiger partial charge is 0.410 e. The Labute approximate surface area is 138 Å². The number of nitrogens with one attached hydrogen (secondary N) is 1. The number of alkyl halides is 3. The first kappa shape index (κ1) is 19.8. The van der Waals surface area contributed by atoms with Crippen LogP contribution in [0.25, 0.3) is 0 Å². The molecule has 0 aliphatic heterocycles. The second-order valence-electron chi connectivity index (χ2n) is 5.78. The SMILES string of the molecule is Cc1ccc(C(=O)NC[C@H](C(C)C)N(C(=O)O)C(F)C(F)F)cc1. The number of carbonyl (C=O) groups excluding carboxylic acids is 1. The third-order valence-corrected chi connectivity index (χ3v) is 3.61. The number of halogens is 3. The van der Waals surface area contributed by atoms with Crippen molar-refractivity contribution < 1.29 is 27.9 Å². The molecule has 2 amide bonds. The summed E-state index contributed by atoms with van der Waals surface area (Å²) in [5.74, 6) is -0.963. The molecule has 0 aliphatic carbocycles. The lowest BCUT2D eigenvalue weighted by atomic mass is 10.0. The largest absolute Gasteiger partial charge is 0.465 e. The van der Waals surface area contributed by atoms with Crippen molar-refractivity contribution in [1.82, 2.24) is 10.2 Å². The van der Waals surface area contributed by atoms with Crippen LogP contribution < -0.4 is 5.32 Å². The fourth-order valence-electron chi connectivity index (χ4n) is 2.21. The van der Waals surface area contributed by atoms with Crippen LogP contribution >= 0.6 is 0 Å². The maximum absolute atomic E-state index is 13.6. The van der Waals surface area contributed by atoms with Gasteiger partial charge in [0, 0.05) is 12.1 Å². The molecule has 0 bridgehead atoms. The third-order valence-electron chi connectivity index (χ3n) is 3.61. The molecule has 0 saturated heterocycles.